The highest BCUT2D eigenvalue weighted by molar-refractivity contribution is 6.05. The molecule has 4 rings (SSSR count). The Balaban J connectivity index is 1.64. The van der Waals surface area contributed by atoms with Crippen LogP contribution in [0.4, 0.5) is 10.1 Å². The monoisotopic (exact) mass is 346 g/mol. The number of rotatable bonds is 3. The zero-order valence-electron chi connectivity index (χ0n) is 14.0. The third-order valence-electron chi connectivity index (χ3n) is 4.20. The number of pyridine rings is 1. The van der Waals surface area contributed by atoms with Crippen LogP contribution in [0.5, 0.6) is 0 Å². The molecule has 0 aliphatic rings. The number of benzene rings is 2. The number of hydrogen-bond acceptors (Lipinski definition) is 3. The van der Waals surface area contributed by atoms with Crippen molar-refractivity contribution in [2.45, 2.75) is 6.92 Å². The Labute approximate surface area is 149 Å². The van der Waals surface area contributed by atoms with Crippen LogP contribution in [0, 0.1) is 12.7 Å². The van der Waals surface area contributed by atoms with E-state index in [1.165, 1.54) is 24.3 Å². The fourth-order valence-corrected chi connectivity index (χ4v) is 2.79. The summed E-state index contributed by atoms with van der Waals surface area (Å²) in [5.41, 5.74) is 4.07. The molecule has 0 radical (unpaired) electrons. The standard InChI is InChI=1S/C21H15FN2O2/c1-13-2-3-15(14-6-8-23-9-7-14)11-18(13)24-21(25)20-12-16-10-17(22)4-5-19(16)26-20/h2-12H,1H3,(H,24,25). The van der Waals surface area contributed by atoms with Gasteiger partial charge in [-0.05, 0) is 66.1 Å². The molecule has 2 aromatic heterocycles. The van der Waals surface area contributed by atoms with E-state index < -0.39 is 0 Å². The maximum atomic E-state index is 13.3. The van der Waals surface area contributed by atoms with Gasteiger partial charge in [0.2, 0.25) is 0 Å². The van der Waals surface area contributed by atoms with Crippen molar-refractivity contribution in [3.05, 3.63) is 84.1 Å². The number of aromatic nitrogens is 1. The molecule has 4 aromatic rings. The average molecular weight is 346 g/mol. The van der Waals surface area contributed by atoms with Gasteiger partial charge in [0.15, 0.2) is 5.76 Å². The number of fused-ring (bicyclic) bond motifs is 1. The minimum absolute atomic E-state index is 0.138. The Morgan fingerprint density at radius 2 is 1.81 bits per heavy atom. The summed E-state index contributed by atoms with van der Waals surface area (Å²) in [5, 5.41) is 3.42. The van der Waals surface area contributed by atoms with Gasteiger partial charge in [-0.2, -0.15) is 0 Å². The van der Waals surface area contributed by atoms with Gasteiger partial charge in [0.05, 0.1) is 0 Å². The molecule has 26 heavy (non-hydrogen) atoms. The first-order valence-corrected chi connectivity index (χ1v) is 8.12. The Morgan fingerprint density at radius 3 is 2.62 bits per heavy atom. The minimum Gasteiger partial charge on any atom is -0.451 e. The number of furan rings is 1. The Morgan fingerprint density at radius 1 is 1.00 bits per heavy atom. The van der Waals surface area contributed by atoms with Crippen LogP contribution >= 0.6 is 0 Å². The highest BCUT2D eigenvalue weighted by Crippen LogP contribution is 2.26. The third-order valence-corrected chi connectivity index (χ3v) is 4.20. The molecule has 0 saturated heterocycles. The van der Waals surface area contributed by atoms with Crippen molar-refractivity contribution in [1.82, 2.24) is 4.98 Å². The zero-order chi connectivity index (χ0) is 18.1. The number of nitrogens with one attached hydrogen (secondary N) is 1. The topological polar surface area (TPSA) is 55.1 Å². The van der Waals surface area contributed by atoms with Crippen LogP contribution in [0.15, 0.2) is 71.4 Å². The van der Waals surface area contributed by atoms with Gasteiger partial charge in [0.1, 0.15) is 11.4 Å². The molecule has 1 N–H and O–H groups in total. The molecule has 1 amide bonds. The summed E-state index contributed by atoms with van der Waals surface area (Å²) in [7, 11) is 0. The Hall–Kier alpha value is -3.47. The van der Waals surface area contributed by atoms with Crippen LogP contribution in [0.25, 0.3) is 22.1 Å². The molecule has 0 saturated carbocycles. The molecule has 0 bridgehead atoms. The second-order valence-electron chi connectivity index (χ2n) is 6.01. The van der Waals surface area contributed by atoms with Gasteiger partial charge >= 0.3 is 0 Å². The van der Waals surface area contributed by atoms with Crippen LogP contribution in [0.2, 0.25) is 0 Å². The van der Waals surface area contributed by atoms with Gasteiger partial charge < -0.3 is 9.73 Å². The van der Waals surface area contributed by atoms with Gasteiger partial charge in [-0.1, -0.05) is 12.1 Å². The van der Waals surface area contributed by atoms with E-state index in [4.69, 9.17) is 4.42 Å². The van der Waals surface area contributed by atoms with E-state index in [0.717, 1.165) is 16.7 Å². The molecule has 0 fully saturated rings. The molecular weight excluding hydrogens is 331 g/mol. The molecule has 0 aliphatic heterocycles. The summed E-state index contributed by atoms with van der Waals surface area (Å²) in [6, 6.07) is 15.3. The van der Waals surface area contributed by atoms with E-state index in [2.05, 4.69) is 10.3 Å². The van der Waals surface area contributed by atoms with E-state index in [-0.39, 0.29) is 17.5 Å². The van der Waals surface area contributed by atoms with Crippen molar-refractivity contribution in [2.75, 3.05) is 5.32 Å². The number of nitrogens with zero attached hydrogens (tertiary/aromatic N) is 1. The molecule has 0 spiro atoms. The summed E-state index contributed by atoms with van der Waals surface area (Å²) in [6.07, 6.45) is 3.45. The second-order valence-corrected chi connectivity index (χ2v) is 6.01. The largest absolute Gasteiger partial charge is 0.451 e. The summed E-state index contributed by atoms with van der Waals surface area (Å²) < 4.78 is 18.8. The normalized spacial score (nSPS) is 10.8. The van der Waals surface area contributed by atoms with Crippen molar-refractivity contribution >= 4 is 22.6 Å². The molecule has 0 aliphatic carbocycles. The van der Waals surface area contributed by atoms with Crippen molar-refractivity contribution in [3.63, 3.8) is 0 Å². The van der Waals surface area contributed by atoms with Gasteiger partial charge in [-0.3, -0.25) is 9.78 Å². The fourth-order valence-electron chi connectivity index (χ4n) is 2.79. The average Bonchev–Trinajstić information content (AvgIpc) is 3.07. The van der Waals surface area contributed by atoms with Gasteiger partial charge in [-0.25, -0.2) is 4.39 Å². The smallest absolute Gasteiger partial charge is 0.291 e. The molecule has 2 aromatic carbocycles. The summed E-state index contributed by atoms with van der Waals surface area (Å²) >= 11 is 0. The van der Waals surface area contributed by atoms with E-state index in [1.54, 1.807) is 12.4 Å². The number of aryl methyl sites for hydroxylation is 1. The summed E-state index contributed by atoms with van der Waals surface area (Å²) in [5.74, 6) is -0.609. The van der Waals surface area contributed by atoms with Crippen LogP contribution in [0.3, 0.4) is 0 Å². The fraction of sp³-hybridized carbons (Fsp3) is 0.0476. The predicted molar refractivity (Wildman–Crippen MR) is 98.5 cm³/mol. The number of hydrogen-bond donors (Lipinski definition) is 1. The van der Waals surface area contributed by atoms with E-state index >= 15 is 0 Å². The lowest BCUT2D eigenvalue weighted by Gasteiger charge is -2.10. The summed E-state index contributed by atoms with van der Waals surface area (Å²) in [6.45, 7) is 1.92. The molecule has 5 heteroatoms. The molecule has 0 atom stereocenters. The van der Waals surface area contributed by atoms with E-state index in [0.29, 0.717) is 16.7 Å². The number of anilines is 1. The lowest BCUT2D eigenvalue weighted by molar-refractivity contribution is 0.0998. The zero-order valence-corrected chi connectivity index (χ0v) is 14.0. The first-order valence-electron chi connectivity index (χ1n) is 8.12. The molecule has 128 valence electrons. The third kappa shape index (κ3) is 3.07. The number of carbonyl (C=O) groups is 1. The van der Waals surface area contributed by atoms with Crippen LogP contribution in [0.1, 0.15) is 16.1 Å². The highest BCUT2D eigenvalue weighted by Gasteiger charge is 2.14. The molecule has 2 heterocycles. The molecule has 4 nitrogen and oxygen atoms in total. The summed E-state index contributed by atoms with van der Waals surface area (Å²) in [4.78, 5) is 16.6. The van der Waals surface area contributed by atoms with E-state index in [1.807, 2.05) is 37.3 Å². The molecule has 0 unspecified atom stereocenters. The second kappa shape index (κ2) is 6.44. The first kappa shape index (κ1) is 16.0. The van der Waals surface area contributed by atoms with Crippen molar-refractivity contribution in [3.8, 4) is 11.1 Å². The number of halogens is 1. The Kier molecular flexibility index (Phi) is 3.97. The maximum Gasteiger partial charge on any atom is 0.291 e. The SMILES string of the molecule is Cc1ccc(-c2ccncc2)cc1NC(=O)c1cc2cc(F)ccc2o1. The van der Waals surface area contributed by atoms with Gasteiger partial charge in [-0.15, -0.1) is 0 Å². The van der Waals surface area contributed by atoms with Crippen molar-refractivity contribution in [2.24, 2.45) is 0 Å². The lowest BCUT2D eigenvalue weighted by Crippen LogP contribution is -2.11. The van der Waals surface area contributed by atoms with Crippen LogP contribution < -0.4 is 5.32 Å². The number of amides is 1. The maximum absolute atomic E-state index is 13.3. The van der Waals surface area contributed by atoms with Crippen LogP contribution in [-0.2, 0) is 0 Å². The quantitative estimate of drug-likeness (QED) is 0.555. The van der Waals surface area contributed by atoms with Gasteiger partial charge in [0, 0.05) is 23.5 Å². The van der Waals surface area contributed by atoms with Gasteiger partial charge in [0.25, 0.3) is 5.91 Å². The first-order chi connectivity index (χ1) is 12.6. The predicted octanol–water partition coefficient (Wildman–Crippen LogP) is 5.19. The van der Waals surface area contributed by atoms with Crippen LogP contribution in [-0.4, -0.2) is 10.9 Å². The highest BCUT2D eigenvalue weighted by atomic mass is 19.1. The minimum atomic E-state index is -0.378. The van der Waals surface area contributed by atoms with Crippen molar-refractivity contribution < 1.29 is 13.6 Å². The Bertz CT molecular complexity index is 1100. The number of carbonyl (C=O) groups excluding carboxylic acids is 1. The van der Waals surface area contributed by atoms with E-state index in [9.17, 15) is 9.18 Å². The van der Waals surface area contributed by atoms with Crippen molar-refractivity contribution in [1.29, 1.82) is 0 Å². The molecular formula is C21H15FN2O2. The lowest BCUT2D eigenvalue weighted by atomic mass is 10.0.